The van der Waals surface area contributed by atoms with Crippen LogP contribution in [0.5, 0.6) is 5.75 Å². The average Bonchev–Trinajstić information content (AvgIpc) is 2.90. The second-order valence-corrected chi connectivity index (χ2v) is 8.12. The summed E-state index contributed by atoms with van der Waals surface area (Å²) in [5, 5.41) is 0. The molecule has 1 amide bonds. The summed E-state index contributed by atoms with van der Waals surface area (Å²) < 4.78 is 34.5. The molecule has 23 heavy (non-hydrogen) atoms. The molecule has 2 heterocycles. The summed E-state index contributed by atoms with van der Waals surface area (Å²) in [6.07, 6.45) is 5.50. The molecule has 3 rings (SSSR count). The first-order chi connectivity index (χ1) is 10.9. The molecule has 0 spiro atoms. The van der Waals surface area contributed by atoms with Gasteiger partial charge in [-0.25, -0.2) is 8.42 Å². The predicted octanol–water partition coefficient (Wildman–Crippen LogP) is 0.263. The molecule has 2 aliphatic rings. The minimum absolute atomic E-state index is 0.125. The molecule has 1 saturated heterocycles. The van der Waals surface area contributed by atoms with E-state index in [1.807, 2.05) is 6.07 Å². The maximum Gasteiger partial charge on any atom is 0.238 e. The molecule has 8 heteroatoms. The highest BCUT2D eigenvalue weighted by atomic mass is 32.2. The number of aromatic nitrogens is 1. The number of rotatable bonds is 4. The fourth-order valence-electron chi connectivity index (χ4n) is 3.25. The Labute approximate surface area is 135 Å². The van der Waals surface area contributed by atoms with Crippen LogP contribution in [0, 0.1) is 0 Å². The van der Waals surface area contributed by atoms with Gasteiger partial charge >= 0.3 is 0 Å². The fraction of sp³-hybridized carbons (Fsp3) is 0.600. The van der Waals surface area contributed by atoms with E-state index in [4.69, 9.17) is 9.47 Å². The zero-order valence-corrected chi connectivity index (χ0v) is 13.7. The number of nitrogens with zero attached hydrogens (tertiary/aromatic N) is 2. The number of fused-ring (bicyclic) bond motifs is 1. The van der Waals surface area contributed by atoms with Crippen molar-refractivity contribution in [1.82, 2.24) is 9.88 Å². The highest BCUT2D eigenvalue weighted by Crippen LogP contribution is 2.33. The summed E-state index contributed by atoms with van der Waals surface area (Å²) in [5.41, 5.74) is 0. The Kier molecular flexibility index (Phi) is 4.54. The van der Waals surface area contributed by atoms with Crippen LogP contribution in [-0.4, -0.2) is 67.6 Å². The van der Waals surface area contributed by atoms with E-state index in [0.29, 0.717) is 18.9 Å². The van der Waals surface area contributed by atoms with Crippen LogP contribution >= 0.6 is 0 Å². The Morgan fingerprint density at radius 2 is 2.30 bits per heavy atom. The third-order valence-corrected chi connectivity index (χ3v) is 4.93. The van der Waals surface area contributed by atoms with Crippen molar-refractivity contribution in [2.24, 2.45) is 0 Å². The molecular formula is C15H20N2O5S. The number of carbonyl (C=O) groups excluding carboxylic acids is 1. The lowest BCUT2D eigenvalue weighted by atomic mass is 10.1. The summed E-state index contributed by atoms with van der Waals surface area (Å²) in [5.74, 6) is -0.140. The standard InChI is InChI=1S/C15H20N2O5S/c1-23(19,20)10-14(18)17-7-8-21-15-12(17)4-5-13(15)22-11-3-2-6-16-9-11/h2-3,6,9,12-13,15H,4-5,7-8,10H2,1H3/t12-,13-,15+/m0/s1. The van der Waals surface area contributed by atoms with Crippen molar-refractivity contribution in [2.75, 3.05) is 25.2 Å². The van der Waals surface area contributed by atoms with Gasteiger partial charge in [-0.15, -0.1) is 0 Å². The fourth-order valence-corrected chi connectivity index (χ4v) is 3.86. The first-order valence-corrected chi connectivity index (χ1v) is 9.65. The molecule has 7 nitrogen and oxygen atoms in total. The molecule has 1 aliphatic heterocycles. The van der Waals surface area contributed by atoms with Crippen LogP contribution in [0.3, 0.4) is 0 Å². The number of ether oxygens (including phenoxy) is 2. The van der Waals surface area contributed by atoms with E-state index in [1.54, 1.807) is 23.4 Å². The number of sulfone groups is 1. The van der Waals surface area contributed by atoms with Crippen molar-refractivity contribution < 1.29 is 22.7 Å². The third-order valence-electron chi connectivity index (χ3n) is 4.16. The van der Waals surface area contributed by atoms with Crippen molar-refractivity contribution in [3.63, 3.8) is 0 Å². The number of pyridine rings is 1. The van der Waals surface area contributed by atoms with E-state index < -0.39 is 15.6 Å². The number of hydrogen-bond acceptors (Lipinski definition) is 6. The van der Waals surface area contributed by atoms with Crippen molar-refractivity contribution in [1.29, 1.82) is 0 Å². The third kappa shape index (κ3) is 3.81. The molecule has 0 bridgehead atoms. The van der Waals surface area contributed by atoms with Gasteiger partial charge in [0, 0.05) is 19.0 Å². The molecular weight excluding hydrogens is 320 g/mol. The van der Waals surface area contributed by atoms with Crippen molar-refractivity contribution in [3.8, 4) is 5.75 Å². The Morgan fingerprint density at radius 3 is 3.00 bits per heavy atom. The second kappa shape index (κ2) is 6.45. The van der Waals surface area contributed by atoms with E-state index in [-0.39, 0.29) is 24.2 Å². The maximum absolute atomic E-state index is 12.3. The van der Waals surface area contributed by atoms with Gasteiger partial charge in [0.15, 0.2) is 9.84 Å². The topological polar surface area (TPSA) is 85.8 Å². The molecule has 126 valence electrons. The van der Waals surface area contributed by atoms with Gasteiger partial charge in [0.05, 0.1) is 18.8 Å². The SMILES string of the molecule is CS(=O)(=O)CC(=O)N1CCO[C@H]2[C@@H](Oc3cccnc3)CC[C@@H]21. The molecule has 1 aromatic rings. The molecule has 0 aromatic carbocycles. The average molecular weight is 340 g/mol. The zero-order chi connectivity index (χ0) is 16.4. The Hall–Kier alpha value is -1.67. The van der Waals surface area contributed by atoms with Crippen LogP contribution < -0.4 is 4.74 Å². The van der Waals surface area contributed by atoms with Crippen LogP contribution in [0.25, 0.3) is 0 Å². The van der Waals surface area contributed by atoms with Crippen LogP contribution in [0.2, 0.25) is 0 Å². The molecule has 1 aromatic heterocycles. The molecule has 2 fully saturated rings. The monoisotopic (exact) mass is 340 g/mol. The minimum Gasteiger partial charge on any atom is -0.486 e. The molecule has 1 saturated carbocycles. The maximum atomic E-state index is 12.3. The van der Waals surface area contributed by atoms with Gasteiger partial charge in [-0.3, -0.25) is 9.78 Å². The highest BCUT2D eigenvalue weighted by Gasteiger charge is 2.45. The minimum atomic E-state index is -3.34. The number of hydrogen-bond donors (Lipinski definition) is 0. The zero-order valence-electron chi connectivity index (χ0n) is 12.9. The molecule has 3 atom stereocenters. The Morgan fingerprint density at radius 1 is 1.48 bits per heavy atom. The summed E-state index contributed by atoms with van der Waals surface area (Å²) in [7, 11) is -3.34. The number of morpholine rings is 1. The summed E-state index contributed by atoms with van der Waals surface area (Å²) in [6.45, 7) is 0.818. The van der Waals surface area contributed by atoms with E-state index in [1.165, 1.54) is 0 Å². The lowest BCUT2D eigenvalue weighted by Crippen LogP contribution is -2.55. The van der Waals surface area contributed by atoms with Gasteiger partial charge in [-0.2, -0.15) is 0 Å². The Bertz CT molecular complexity index is 664. The largest absolute Gasteiger partial charge is 0.486 e. The number of amides is 1. The van der Waals surface area contributed by atoms with Crippen molar-refractivity contribution in [2.45, 2.75) is 31.1 Å². The first kappa shape index (κ1) is 16.2. The summed E-state index contributed by atoms with van der Waals surface area (Å²) >= 11 is 0. The molecule has 1 aliphatic carbocycles. The smallest absolute Gasteiger partial charge is 0.238 e. The molecule has 0 radical (unpaired) electrons. The van der Waals surface area contributed by atoms with E-state index in [0.717, 1.165) is 19.1 Å². The second-order valence-electron chi connectivity index (χ2n) is 5.98. The van der Waals surface area contributed by atoms with Crippen LogP contribution in [0.1, 0.15) is 12.8 Å². The molecule has 0 N–H and O–H groups in total. The van der Waals surface area contributed by atoms with E-state index in [9.17, 15) is 13.2 Å². The lowest BCUT2D eigenvalue weighted by Gasteiger charge is -2.38. The van der Waals surface area contributed by atoms with Gasteiger partial charge in [-0.05, 0) is 25.0 Å². The quantitative estimate of drug-likeness (QED) is 0.782. The number of carbonyl (C=O) groups is 1. The predicted molar refractivity (Wildman–Crippen MR) is 82.8 cm³/mol. The highest BCUT2D eigenvalue weighted by molar-refractivity contribution is 7.91. The van der Waals surface area contributed by atoms with Crippen LogP contribution in [0.4, 0.5) is 0 Å². The van der Waals surface area contributed by atoms with Crippen molar-refractivity contribution >= 4 is 15.7 Å². The van der Waals surface area contributed by atoms with Gasteiger partial charge < -0.3 is 14.4 Å². The first-order valence-electron chi connectivity index (χ1n) is 7.59. The Balaban J connectivity index is 1.69. The van der Waals surface area contributed by atoms with E-state index in [2.05, 4.69) is 4.98 Å². The van der Waals surface area contributed by atoms with Gasteiger partial charge in [0.2, 0.25) is 5.91 Å². The summed E-state index contributed by atoms with van der Waals surface area (Å²) in [4.78, 5) is 17.9. The van der Waals surface area contributed by atoms with Gasteiger partial charge in [0.1, 0.15) is 23.7 Å². The summed E-state index contributed by atoms with van der Waals surface area (Å²) in [6, 6.07) is 3.50. The molecule has 0 unspecified atom stereocenters. The van der Waals surface area contributed by atoms with Gasteiger partial charge in [-0.1, -0.05) is 0 Å². The van der Waals surface area contributed by atoms with Crippen LogP contribution in [-0.2, 0) is 19.4 Å². The normalized spacial score (nSPS) is 27.5. The van der Waals surface area contributed by atoms with E-state index >= 15 is 0 Å². The lowest BCUT2D eigenvalue weighted by molar-refractivity contribution is -0.144. The van der Waals surface area contributed by atoms with Crippen LogP contribution in [0.15, 0.2) is 24.5 Å². The van der Waals surface area contributed by atoms with Crippen molar-refractivity contribution in [3.05, 3.63) is 24.5 Å². The van der Waals surface area contributed by atoms with Gasteiger partial charge in [0.25, 0.3) is 0 Å².